The maximum absolute atomic E-state index is 6.07. The smallest absolute Gasteiger partial charge is 0.00682 e. The van der Waals surface area contributed by atoms with E-state index in [0.717, 1.165) is 44.9 Å². The Labute approximate surface area is 117 Å². The molecule has 0 aliphatic heterocycles. The molecule has 116 valence electrons. The van der Waals surface area contributed by atoms with E-state index in [1.54, 1.807) is 0 Å². The molecule has 0 amide bonds. The molecule has 0 spiro atoms. The van der Waals surface area contributed by atoms with Gasteiger partial charge in [-0.3, -0.25) is 0 Å². The summed E-state index contributed by atoms with van der Waals surface area (Å²) in [6.45, 7) is 1.31. The third-order valence-electron chi connectivity index (χ3n) is 3.44. The number of hydrogen-bond donors (Lipinski definition) is 6. The standard InChI is InChI=1S/C13H34N6/c14-6-1-2-11(17)8-13(19)9-12(18)4-3-10(16)5-7-15/h10-13H,1-9,14-19H2. The number of nitrogens with two attached hydrogens (primary N) is 6. The molecular weight excluding hydrogens is 240 g/mol. The van der Waals surface area contributed by atoms with Gasteiger partial charge in [-0.25, -0.2) is 0 Å². The van der Waals surface area contributed by atoms with Crippen LogP contribution in [0.15, 0.2) is 0 Å². The highest BCUT2D eigenvalue weighted by molar-refractivity contribution is 4.77. The van der Waals surface area contributed by atoms with E-state index in [1.807, 2.05) is 0 Å². The Kier molecular flexibility index (Phi) is 11.4. The Bertz CT molecular complexity index is 202. The Morgan fingerprint density at radius 2 is 1.05 bits per heavy atom. The number of hydrogen-bond acceptors (Lipinski definition) is 6. The van der Waals surface area contributed by atoms with Crippen molar-refractivity contribution in [2.75, 3.05) is 13.1 Å². The van der Waals surface area contributed by atoms with E-state index in [-0.39, 0.29) is 24.2 Å². The molecule has 0 heterocycles. The summed E-state index contributed by atoms with van der Waals surface area (Å²) in [5.74, 6) is 0. The minimum atomic E-state index is 0.0634. The second-order valence-electron chi connectivity index (χ2n) is 5.60. The van der Waals surface area contributed by atoms with E-state index >= 15 is 0 Å². The highest BCUT2D eigenvalue weighted by Crippen LogP contribution is 2.09. The molecule has 19 heavy (non-hydrogen) atoms. The average molecular weight is 274 g/mol. The largest absolute Gasteiger partial charge is 0.330 e. The van der Waals surface area contributed by atoms with Gasteiger partial charge in [0.25, 0.3) is 0 Å². The van der Waals surface area contributed by atoms with Crippen molar-refractivity contribution in [2.24, 2.45) is 34.4 Å². The van der Waals surface area contributed by atoms with Crippen LogP contribution < -0.4 is 34.4 Å². The fourth-order valence-electron chi connectivity index (χ4n) is 2.28. The van der Waals surface area contributed by atoms with Crippen LogP contribution in [0.5, 0.6) is 0 Å². The molecule has 0 bridgehead atoms. The Balaban J connectivity index is 3.70. The lowest BCUT2D eigenvalue weighted by Gasteiger charge is -2.21. The van der Waals surface area contributed by atoms with E-state index in [0.29, 0.717) is 13.1 Å². The van der Waals surface area contributed by atoms with Gasteiger partial charge in [0, 0.05) is 24.2 Å². The zero-order valence-corrected chi connectivity index (χ0v) is 12.1. The lowest BCUT2D eigenvalue weighted by atomic mass is 9.95. The maximum Gasteiger partial charge on any atom is 0.00682 e. The van der Waals surface area contributed by atoms with Crippen molar-refractivity contribution >= 4 is 0 Å². The zero-order chi connectivity index (χ0) is 14.7. The van der Waals surface area contributed by atoms with Crippen LogP contribution >= 0.6 is 0 Å². The van der Waals surface area contributed by atoms with Gasteiger partial charge in [0.1, 0.15) is 0 Å². The fourth-order valence-corrected chi connectivity index (χ4v) is 2.28. The fraction of sp³-hybridized carbons (Fsp3) is 1.00. The summed E-state index contributed by atoms with van der Waals surface area (Å²) >= 11 is 0. The topological polar surface area (TPSA) is 156 Å². The van der Waals surface area contributed by atoms with E-state index in [4.69, 9.17) is 34.4 Å². The molecule has 0 aromatic rings. The highest BCUT2D eigenvalue weighted by Gasteiger charge is 2.14. The van der Waals surface area contributed by atoms with Crippen molar-refractivity contribution in [3.63, 3.8) is 0 Å². The van der Waals surface area contributed by atoms with Gasteiger partial charge in [-0.2, -0.15) is 0 Å². The molecule has 0 rings (SSSR count). The molecule has 6 nitrogen and oxygen atoms in total. The minimum Gasteiger partial charge on any atom is -0.330 e. The van der Waals surface area contributed by atoms with E-state index in [2.05, 4.69) is 0 Å². The zero-order valence-electron chi connectivity index (χ0n) is 12.1. The summed E-state index contributed by atoms with van der Waals surface area (Å²) in [6, 6.07) is 0.443. The maximum atomic E-state index is 6.07. The third-order valence-corrected chi connectivity index (χ3v) is 3.44. The van der Waals surface area contributed by atoms with Gasteiger partial charge in [0.2, 0.25) is 0 Å². The van der Waals surface area contributed by atoms with Crippen LogP contribution in [0, 0.1) is 0 Å². The van der Waals surface area contributed by atoms with Crippen LogP contribution in [0.1, 0.15) is 44.9 Å². The quantitative estimate of drug-likeness (QED) is 0.266. The normalized spacial score (nSPS) is 18.0. The lowest BCUT2D eigenvalue weighted by Crippen LogP contribution is -2.37. The molecule has 0 aromatic carbocycles. The minimum absolute atomic E-state index is 0.0634. The predicted octanol–water partition coefficient (Wildman–Crippen LogP) is -1.06. The molecule has 0 aromatic heterocycles. The van der Waals surface area contributed by atoms with Crippen molar-refractivity contribution < 1.29 is 0 Å². The van der Waals surface area contributed by atoms with Gasteiger partial charge in [-0.1, -0.05) is 0 Å². The SMILES string of the molecule is NCCCC(N)CC(N)CC(N)CCC(N)CCN. The average Bonchev–Trinajstić information content (AvgIpc) is 2.34. The van der Waals surface area contributed by atoms with Gasteiger partial charge in [-0.15, -0.1) is 0 Å². The van der Waals surface area contributed by atoms with E-state index in [1.165, 1.54) is 0 Å². The molecule has 0 radical (unpaired) electrons. The van der Waals surface area contributed by atoms with Gasteiger partial charge in [-0.05, 0) is 58.0 Å². The van der Waals surface area contributed by atoms with Crippen LogP contribution in [-0.2, 0) is 0 Å². The summed E-state index contributed by atoms with van der Waals surface area (Å²) in [6.07, 6.45) is 6.14. The van der Waals surface area contributed by atoms with Crippen LogP contribution in [-0.4, -0.2) is 37.3 Å². The first-order chi connectivity index (χ1) is 8.99. The Morgan fingerprint density at radius 1 is 0.526 bits per heavy atom. The van der Waals surface area contributed by atoms with Crippen LogP contribution in [0.4, 0.5) is 0 Å². The summed E-state index contributed by atoms with van der Waals surface area (Å²) in [5, 5.41) is 0. The molecular formula is C13H34N6. The third kappa shape index (κ3) is 11.3. The van der Waals surface area contributed by atoms with Gasteiger partial charge < -0.3 is 34.4 Å². The van der Waals surface area contributed by atoms with Crippen molar-refractivity contribution in [3.8, 4) is 0 Å². The monoisotopic (exact) mass is 274 g/mol. The highest BCUT2D eigenvalue weighted by atomic mass is 14.7. The van der Waals surface area contributed by atoms with Gasteiger partial charge in [0.15, 0.2) is 0 Å². The van der Waals surface area contributed by atoms with E-state index in [9.17, 15) is 0 Å². The van der Waals surface area contributed by atoms with Gasteiger partial charge >= 0.3 is 0 Å². The van der Waals surface area contributed by atoms with Gasteiger partial charge in [0.05, 0.1) is 0 Å². The van der Waals surface area contributed by atoms with Crippen LogP contribution in [0.2, 0.25) is 0 Å². The van der Waals surface area contributed by atoms with E-state index < -0.39 is 0 Å². The molecule has 0 saturated heterocycles. The van der Waals surface area contributed by atoms with Crippen molar-refractivity contribution in [1.29, 1.82) is 0 Å². The second-order valence-corrected chi connectivity index (χ2v) is 5.60. The van der Waals surface area contributed by atoms with Crippen molar-refractivity contribution in [3.05, 3.63) is 0 Å². The van der Waals surface area contributed by atoms with Crippen molar-refractivity contribution in [1.82, 2.24) is 0 Å². The first-order valence-corrected chi connectivity index (χ1v) is 7.42. The predicted molar refractivity (Wildman–Crippen MR) is 82.3 cm³/mol. The lowest BCUT2D eigenvalue weighted by molar-refractivity contribution is 0.412. The second kappa shape index (κ2) is 11.6. The summed E-state index contributed by atoms with van der Waals surface area (Å²) < 4.78 is 0. The molecule has 6 heteroatoms. The molecule has 4 atom stereocenters. The van der Waals surface area contributed by atoms with Crippen molar-refractivity contribution in [2.45, 2.75) is 69.1 Å². The molecule has 0 saturated carbocycles. The molecule has 0 aliphatic carbocycles. The first-order valence-electron chi connectivity index (χ1n) is 7.42. The molecule has 0 fully saturated rings. The molecule has 12 N–H and O–H groups in total. The Morgan fingerprint density at radius 3 is 1.58 bits per heavy atom. The first kappa shape index (κ1) is 18.8. The molecule has 0 aliphatic rings. The summed E-state index contributed by atoms with van der Waals surface area (Å²) in [4.78, 5) is 0. The van der Waals surface area contributed by atoms with Crippen LogP contribution in [0.3, 0.4) is 0 Å². The molecule has 4 unspecified atom stereocenters. The Hall–Kier alpha value is -0.240. The summed E-state index contributed by atoms with van der Waals surface area (Å²) in [7, 11) is 0. The summed E-state index contributed by atoms with van der Waals surface area (Å²) in [5.41, 5.74) is 34.9. The number of rotatable bonds is 12. The van der Waals surface area contributed by atoms with Crippen LogP contribution in [0.25, 0.3) is 0 Å².